The molecule has 0 unspecified atom stereocenters. The van der Waals surface area contributed by atoms with Gasteiger partial charge in [-0.15, -0.1) is 0 Å². The molecule has 0 aromatic carbocycles. The van der Waals surface area contributed by atoms with E-state index in [1.165, 1.54) is 11.3 Å². The molecule has 0 fully saturated rings. The summed E-state index contributed by atoms with van der Waals surface area (Å²) in [6, 6.07) is 2.35. The number of fused-ring (bicyclic) bond motifs is 1. The van der Waals surface area contributed by atoms with E-state index in [2.05, 4.69) is 51.0 Å². The van der Waals surface area contributed by atoms with Crippen LogP contribution < -0.4 is 10.9 Å². The first-order valence-electron chi connectivity index (χ1n) is 8.05. The van der Waals surface area contributed by atoms with E-state index in [4.69, 9.17) is 0 Å². The Morgan fingerprint density at radius 1 is 1.29 bits per heavy atom. The van der Waals surface area contributed by atoms with Gasteiger partial charge in [-0.2, -0.15) is 0 Å². The van der Waals surface area contributed by atoms with Gasteiger partial charge in [0.2, 0.25) is 0 Å². The molecule has 1 N–H and O–H groups in total. The molecule has 0 spiro atoms. The Hall–Kier alpha value is -1.13. The number of hydrogen-bond donors (Lipinski definition) is 1. The lowest BCUT2D eigenvalue weighted by Gasteiger charge is -2.29. The molecule has 2 heterocycles. The van der Waals surface area contributed by atoms with E-state index >= 15 is 0 Å². The smallest absolute Gasteiger partial charge is 0.255 e. The third-order valence-electron chi connectivity index (χ3n) is 4.06. The predicted octanol–water partition coefficient (Wildman–Crippen LogP) is 2.16. The van der Waals surface area contributed by atoms with Crippen LogP contribution in [0.2, 0.25) is 0 Å². The molecule has 21 heavy (non-hydrogen) atoms. The van der Waals surface area contributed by atoms with E-state index in [1.54, 1.807) is 0 Å². The first kappa shape index (κ1) is 16.2. The Bertz CT molecular complexity index is 546. The van der Waals surface area contributed by atoms with E-state index in [-0.39, 0.29) is 11.6 Å². The lowest BCUT2D eigenvalue weighted by Crippen LogP contribution is -2.37. The van der Waals surface area contributed by atoms with Gasteiger partial charge in [0, 0.05) is 43.4 Å². The first-order chi connectivity index (χ1) is 9.90. The van der Waals surface area contributed by atoms with Gasteiger partial charge in [0.25, 0.3) is 5.56 Å². The van der Waals surface area contributed by atoms with E-state index in [9.17, 15) is 4.79 Å². The minimum atomic E-state index is 0.185. The number of aromatic nitrogens is 1. The quantitative estimate of drug-likeness (QED) is 0.903. The van der Waals surface area contributed by atoms with Crippen molar-refractivity contribution in [3.05, 3.63) is 33.2 Å². The summed E-state index contributed by atoms with van der Waals surface area (Å²) < 4.78 is 2.01. The molecule has 1 aromatic heterocycles. The van der Waals surface area contributed by atoms with Gasteiger partial charge < -0.3 is 14.8 Å². The number of nitrogens with zero attached hydrogens (tertiary/aromatic N) is 2. The second-order valence-electron chi connectivity index (χ2n) is 6.92. The van der Waals surface area contributed by atoms with Crippen molar-refractivity contribution >= 4 is 0 Å². The van der Waals surface area contributed by atoms with Gasteiger partial charge in [-0.1, -0.05) is 13.8 Å². The van der Waals surface area contributed by atoms with Gasteiger partial charge >= 0.3 is 0 Å². The second kappa shape index (κ2) is 6.75. The lowest BCUT2D eigenvalue weighted by atomic mass is 10.0. The Morgan fingerprint density at radius 3 is 2.62 bits per heavy atom. The normalized spacial score (nSPS) is 15.8. The zero-order valence-electron chi connectivity index (χ0n) is 14.1. The third kappa shape index (κ3) is 3.74. The highest BCUT2D eigenvalue weighted by Crippen LogP contribution is 2.20. The summed E-state index contributed by atoms with van der Waals surface area (Å²) in [6.45, 7) is 12.2. The monoisotopic (exact) mass is 291 g/mol. The molecule has 1 aromatic rings. The van der Waals surface area contributed by atoms with Crippen LogP contribution in [0.5, 0.6) is 0 Å². The van der Waals surface area contributed by atoms with Crippen molar-refractivity contribution in [2.75, 3.05) is 20.1 Å². The van der Waals surface area contributed by atoms with Crippen molar-refractivity contribution < 1.29 is 0 Å². The van der Waals surface area contributed by atoms with Gasteiger partial charge in [0.15, 0.2) is 0 Å². The van der Waals surface area contributed by atoms with Gasteiger partial charge in [0.05, 0.1) is 0 Å². The number of likely N-dealkylation sites (N-methyl/N-ethyl adjacent to an activating group) is 1. The Balaban J connectivity index is 2.35. The SMILES string of the molecule is CC(C)CNCc1cc2c(n(C(C)C)c1=O)CCN(C)C2. The molecular formula is C17H29N3O. The average molecular weight is 291 g/mol. The van der Waals surface area contributed by atoms with Gasteiger partial charge in [0.1, 0.15) is 0 Å². The first-order valence-corrected chi connectivity index (χ1v) is 8.05. The Kier molecular flexibility index (Phi) is 5.22. The van der Waals surface area contributed by atoms with Crippen LogP contribution in [-0.2, 0) is 19.5 Å². The van der Waals surface area contributed by atoms with E-state index in [1.807, 2.05) is 4.57 Å². The second-order valence-corrected chi connectivity index (χ2v) is 6.92. The van der Waals surface area contributed by atoms with Crippen LogP contribution in [0, 0.1) is 5.92 Å². The van der Waals surface area contributed by atoms with E-state index in [0.717, 1.165) is 31.6 Å². The van der Waals surface area contributed by atoms with Gasteiger partial charge in [-0.25, -0.2) is 0 Å². The van der Waals surface area contributed by atoms with Crippen LogP contribution in [0.15, 0.2) is 10.9 Å². The summed E-state index contributed by atoms with van der Waals surface area (Å²) in [5.41, 5.74) is 3.64. The summed E-state index contributed by atoms with van der Waals surface area (Å²) in [7, 11) is 2.14. The van der Waals surface area contributed by atoms with E-state index < -0.39 is 0 Å². The molecule has 0 saturated carbocycles. The molecule has 0 saturated heterocycles. The largest absolute Gasteiger partial charge is 0.312 e. The van der Waals surface area contributed by atoms with Gasteiger partial charge in [-0.3, -0.25) is 4.79 Å². The van der Waals surface area contributed by atoms with Crippen LogP contribution in [-0.4, -0.2) is 29.6 Å². The van der Waals surface area contributed by atoms with Crippen molar-refractivity contribution in [1.82, 2.24) is 14.8 Å². The maximum atomic E-state index is 12.7. The van der Waals surface area contributed by atoms with Crippen molar-refractivity contribution in [2.45, 2.75) is 53.2 Å². The number of rotatable bonds is 5. The molecule has 118 valence electrons. The average Bonchev–Trinajstić information content (AvgIpc) is 2.38. The van der Waals surface area contributed by atoms with Crippen molar-refractivity contribution in [2.24, 2.45) is 5.92 Å². The van der Waals surface area contributed by atoms with Crippen LogP contribution in [0.25, 0.3) is 0 Å². The van der Waals surface area contributed by atoms with Crippen molar-refractivity contribution in [1.29, 1.82) is 0 Å². The van der Waals surface area contributed by atoms with Crippen LogP contribution in [0.3, 0.4) is 0 Å². The molecule has 1 aliphatic rings. The molecule has 2 rings (SSSR count). The fraction of sp³-hybridized carbons (Fsp3) is 0.706. The predicted molar refractivity (Wildman–Crippen MR) is 87.7 cm³/mol. The molecule has 0 aliphatic carbocycles. The molecule has 4 heteroatoms. The number of pyridine rings is 1. The molecule has 1 aliphatic heterocycles. The lowest BCUT2D eigenvalue weighted by molar-refractivity contribution is 0.301. The molecule has 4 nitrogen and oxygen atoms in total. The minimum absolute atomic E-state index is 0.185. The molecule has 0 atom stereocenters. The molecule has 0 amide bonds. The zero-order valence-corrected chi connectivity index (χ0v) is 14.1. The minimum Gasteiger partial charge on any atom is -0.312 e. The molecule has 0 radical (unpaired) electrons. The Morgan fingerprint density at radius 2 is 2.00 bits per heavy atom. The van der Waals surface area contributed by atoms with Gasteiger partial charge in [-0.05, 0) is 45.0 Å². The summed E-state index contributed by atoms with van der Waals surface area (Å²) in [5.74, 6) is 0.598. The maximum absolute atomic E-state index is 12.7. The zero-order chi connectivity index (χ0) is 15.6. The molecular weight excluding hydrogens is 262 g/mol. The van der Waals surface area contributed by atoms with Crippen LogP contribution in [0.4, 0.5) is 0 Å². The van der Waals surface area contributed by atoms with Crippen LogP contribution >= 0.6 is 0 Å². The Labute approximate surface area is 128 Å². The number of hydrogen-bond acceptors (Lipinski definition) is 3. The van der Waals surface area contributed by atoms with Crippen molar-refractivity contribution in [3.8, 4) is 0 Å². The highest BCUT2D eigenvalue weighted by Gasteiger charge is 2.21. The van der Waals surface area contributed by atoms with E-state index in [0.29, 0.717) is 12.5 Å². The standard InChI is InChI=1S/C17H29N3O/c1-12(2)9-18-10-14-8-15-11-19(5)7-6-16(15)20(13(3)4)17(14)21/h8,12-13,18H,6-7,9-11H2,1-5H3. The maximum Gasteiger partial charge on any atom is 0.255 e. The highest BCUT2D eigenvalue weighted by molar-refractivity contribution is 5.29. The van der Waals surface area contributed by atoms with Crippen LogP contribution in [0.1, 0.15) is 50.6 Å². The highest BCUT2D eigenvalue weighted by atomic mass is 16.1. The summed E-state index contributed by atoms with van der Waals surface area (Å²) in [6.07, 6.45) is 0.971. The summed E-state index contributed by atoms with van der Waals surface area (Å²) in [4.78, 5) is 15.1. The summed E-state index contributed by atoms with van der Waals surface area (Å²) in [5, 5.41) is 3.40. The fourth-order valence-electron chi connectivity index (χ4n) is 3.04. The van der Waals surface area contributed by atoms with Crippen molar-refractivity contribution in [3.63, 3.8) is 0 Å². The third-order valence-corrected chi connectivity index (χ3v) is 4.06. The topological polar surface area (TPSA) is 37.3 Å². The summed E-state index contributed by atoms with van der Waals surface area (Å²) >= 11 is 0. The fourth-order valence-corrected chi connectivity index (χ4v) is 3.04. The molecule has 0 bridgehead atoms. The number of nitrogens with one attached hydrogen (secondary N) is 1.